The van der Waals surface area contributed by atoms with Crippen LogP contribution in [0.2, 0.25) is 0 Å². The van der Waals surface area contributed by atoms with Gasteiger partial charge in [0, 0.05) is 23.1 Å². The Hall–Kier alpha value is -3.40. The number of hydrogen-bond donors (Lipinski definition) is 2. The predicted octanol–water partition coefficient (Wildman–Crippen LogP) is 2.49. The van der Waals surface area contributed by atoms with E-state index in [0.29, 0.717) is 11.1 Å². The van der Waals surface area contributed by atoms with Gasteiger partial charge in [0.1, 0.15) is 4.90 Å². The second-order valence-electron chi connectivity index (χ2n) is 8.20. The van der Waals surface area contributed by atoms with Gasteiger partial charge < -0.3 is 15.2 Å². The fraction of sp³-hybridized carbons (Fsp3) is 0.318. The van der Waals surface area contributed by atoms with E-state index in [-0.39, 0.29) is 41.1 Å². The number of ether oxygens (including phenoxy) is 1. The third-order valence-electron chi connectivity index (χ3n) is 4.51. The minimum atomic E-state index is -3.87. The molecule has 2 aromatic rings. The molecular formula is C22H26N4O5S. The Morgan fingerprint density at radius 2 is 1.94 bits per heavy atom. The van der Waals surface area contributed by atoms with Crippen molar-refractivity contribution < 1.29 is 23.1 Å². The number of carbonyl (C=O) groups excluding carboxylic acids is 1. The highest BCUT2D eigenvalue weighted by molar-refractivity contribution is 7.90. The zero-order chi connectivity index (χ0) is 23.5. The SMILES string of the molecule is COc1cccc(C=NN(CCC(=O)NC(C)(C)C)C2=NS(=O)(=O)c3ccccc32)c1O. The van der Waals surface area contributed by atoms with Crippen LogP contribution in [0, 0.1) is 0 Å². The molecule has 9 nitrogen and oxygen atoms in total. The monoisotopic (exact) mass is 458 g/mol. The maximum absolute atomic E-state index is 12.5. The number of phenolic OH excluding ortho intramolecular Hbond substituents is 1. The molecule has 170 valence electrons. The number of carbonyl (C=O) groups is 1. The lowest BCUT2D eigenvalue weighted by Gasteiger charge is -2.22. The highest BCUT2D eigenvalue weighted by Crippen LogP contribution is 2.29. The number of phenols is 1. The lowest BCUT2D eigenvalue weighted by molar-refractivity contribution is -0.122. The molecule has 0 aromatic heterocycles. The summed E-state index contributed by atoms with van der Waals surface area (Å²) < 4.78 is 34.0. The minimum absolute atomic E-state index is 0.0555. The Kier molecular flexibility index (Phi) is 6.54. The number of sulfonamides is 1. The summed E-state index contributed by atoms with van der Waals surface area (Å²) in [6.45, 7) is 5.69. The van der Waals surface area contributed by atoms with E-state index in [0.717, 1.165) is 0 Å². The van der Waals surface area contributed by atoms with E-state index in [2.05, 4.69) is 14.8 Å². The molecule has 2 N–H and O–H groups in total. The molecule has 0 spiro atoms. The molecule has 0 bridgehead atoms. The number of hydrazone groups is 1. The summed E-state index contributed by atoms with van der Waals surface area (Å²) in [5, 5.41) is 18.9. The van der Waals surface area contributed by atoms with Gasteiger partial charge in [-0.25, -0.2) is 5.01 Å². The molecule has 0 aliphatic carbocycles. The van der Waals surface area contributed by atoms with Crippen LogP contribution in [0.4, 0.5) is 0 Å². The summed E-state index contributed by atoms with van der Waals surface area (Å²) in [6.07, 6.45) is 1.43. The topological polar surface area (TPSA) is 121 Å². The predicted molar refractivity (Wildman–Crippen MR) is 122 cm³/mol. The van der Waals surface area contributed by atoms with Gasteiger partial charge >= 0.3 is 0 Å². The van der Waals surface area contributed by atoms with Gasteiger partial charge in [-0.15, -0.1) is 4.40 Å². The number of para-hydroxylation sites is 1. The smallest absolute Gasteiger partial charge is 0.285 e. The normalized spacial score (nSPS) is 14.7. The number of amidine groups is 1. The zero-order valence-electron chi connectivity index (χ0n) is 18.4. The zero-order valence-corrected chi connectivity index (χ0v) is 19.2. The second-order valence-corrected chi connectivity index (χ2v) is 9.77. The Morgan fingerprint density at radius 1 is 1.22 bits per heavy atom. The summed E-state index contributed by atoms with van der Waals surface area (Å²) in [5.74, 6) is 0.0706. The maximum Gasteiger partial charge on any atom is 0.285 e. The van der Waals surface area contributed by atoms with Gasteiger partial charge in [0.05, 0.1) is 19.9 Å². The maximum atomic E-state index is 12.5. The van der Waals surface area contributed by atoms with Crippen LogP contribution >= 0.6 is 0 Å². The number of amides is 1. The molecule has 3 rings (SSSR count). The Balaban J connectivity index is 1.95. The summed E-state index contributed by atoms with van der Waals surface area (Å²) in [6, 6.07) is 11.4. The van der Waals surface area contributed by atoms with Crippen molar-refractivity contribution in [3.8, 4) is 11.5 Å². The van der Waals surface area contributed by atoms with E-state index in [9.17, 15) is 18.3 Å². The van der Waals surface area contributed by atoms with Crippen molar-refractivity contribution in [3.63, 3.8) is 0 Å². The van der Waals surface area contributed by atoms with Gasteiger partial charge in [-0.1, -0.05) is 18.2 Å². The summed E-state index contributed by atoms with van der Waals surface area (Å²) >= 11 is 0. The van der Waals surface area contributed by atoms with Crippen LogP contribution in [0.3, 0.4) is 0 Å². The first-order valence-electron chi connectivity index (χ1n) is 9.95. The fourth-order valence-corrected chi connectivity index (χ4v) is 4.33. The van der Waals surface area contributed by atoms with Crippen molar-refractivity contribution in [1.82, 2.24) is 10.3 Å². The highest BCUT2D eigenvalue weighted by Gasteiger charge is 2.32. The van der Waals surface area contributed by atoms with Gasteiger partial charge in [0.25, 0.3) is 10.0 Å². The molecule has 1 heterocycles. The van der Waals surface area contributed by atoms with Crippen molar-refractivity contribution >= 4 is 28.0 Å². The van der Waals surface area contributed by atoms with Crippen LogP contribution in [-0.4, -0.2) is 55.7 Å². The number of rotatable bonds is 6. The molecule has 10 heteroatoms. The number of methoxy groups -OCH3 is 1. The van der Waals surface area contributed by atoms with Crippen LogP contribution in [0.15, 0.2) is 56.9 Å². The fourth-order valence-electron chi connectivity index (χ4n) is 3.12. The van der Waals surface area contributed by atoms with E-state index in [1.165, 1.54) is 24.4 Å². The van der Waals surface area contributed by atoms with E-state index >= 15 is 0 Å². The molecule has 32 heavy (non-hydrogen) atoms. The largest absolute Gasteiger partial charge is 0.504 e. The number of benzene rings is 2. The van der Waals surface area contributed by atoms with Gasteiger partial charge in [0.2, 0.25) is 5.91 Å². The molecule has 1 aliphatic rings. The molecule has 0 saturated carbocycles. The number of nitrogens with one attached hydrogen (secondary N) is 1. The number of hydrogen-bond acceptors (Lipinski definition) is 7. The van der Waals surface area contributed by atoms with E-state index in [1.54, 1.807) is 36.4 Å². The molecule has 1 amide bonds. The summed E-state index contributed by atoms with van der Waals surface area (Å²) in [4.78, 5) is 12.4. The van der Waals surface area contributed by atoms with Gasteiger partial charge in [0.15, 0.2) is 17.3 Å². The van der Waals surface area contributed by atoms with Crippen molar-refractivity contribution in [2.75, 3.05) is 13.7 Å². The Morgan fingerprint density at radius 3 is 2.62 bits per heavy atom. The van der Waals surface area contributed by atoms with Crippen LogP contribution in [-0.2, 0) is 14.8 Å². The van der Waals surface area contributed by atoms with E-state index in [4.69, 9.17) is 4.74 Å². The summed E-state index contributed by atoms with van der Waals surface area (Å²) in [5.41, 5.74) is 0.359. The van der Waals surface area contributed by atoms with Crippen molar-refractivity contribution in [2.24, 2.45) is 9.50 Å². The molecule has 0 fully saturated rings. The molecule has 0 atom stereocenters. The molecule has 0 unspecified atom stereocenters. The average Bonchev–Trinajstić information content (AvgIpc) is 2.99. The van der Waals surface area contributed by atoms with Crippen LogP contribution < -0.4 is 10.1 Å². The average molecular weight is 459 g/mol. The third kappa shape index (κ3) is 5.25. The van der Waals surface area contributed by atoms with Crippen LogP contribution in [0.1, 0.15) is 38.3 Å². The standard InChI is InChI=1S/C22H26N4O5S/c1-22(2,3)24-19(27)12-13-26(23-14-15-8-7-10-17(31-4)20(15)28)21-16-9-5-6-11-18(16)32(29,30)25-21/h5-11,14,28H,12-13H2,1-4H3,(H,24,27). The van der Waals surface area contributed by atoms with Crippen LogP contribution in [0.25, 0.3) is 0 Å². The lowest BCUT2D eigenvalue weighted by Crippen LogP contribution is -2.42. The third-order valence-corrected chi connectivity index (χ3v) is 5.83. The second kappa shape index (κ2) is 8.99. The lowest BCUT2D eigenvalue weighted by atomic mass is 10.1. The molecule has 0 saturated heterocycles. The van der Waals surface area contributed by atoms with Crippen LogP contribution in [0.5, 0.6) is 11.5 Å². The molecule has 0 radical (unpaired) electrons. The number of aromatic hydroxyl groups is 1. The van der Waals surface area contributed by atoms with Gasteiger partial charge in [-0.05, 0) is 45.0 Å². The van der Waals surface area contributed by atoms with Gasteiger partial charge in [-0.3, -0.25) is 4.79 Å². The first kappa shape index (κ1) is 23.3. The van der Waals surface area contributed by atoms with Crippen molar-refractivity contribution in [1.29, 1.82) is 0 Å². The van der Waals surface area contributed by atoms with E-state index in [1.807, 2.05) is 20.8 Å². The number of fused-ring (bicyclic) bond motifs is 1. The first-order valence-corrected chi connectivity index (χ1v) is 11.4. The Labute approximate surface area is 187 Å². The molecule has 1 aliphatic heterocycles. The minimum Gasteiger partial charge on any atom is -0.504 e. The van der Waals surface area contributed by atoms with Crippen molar-refractivity contribution in [3.05, 3.63) is 53.6 Å². The van der Waals surface area contributed by atoms with E-state index < -0.39 is 15.6 Å². The van der Waals surface area contributed by atoms with Crippen molar-refractivity contribution in [2.45, 2.75) is 37.6 Å². The first-order chi connectivity index (χ1) is 15.0. The number of nitrogens with zero attached hydrogens (tertiary/aromatic N) is 3. The van der Waals surface area contributed by atoms with Gasteiger partial charge in [-0.2, -0.15) is 13.5 Å². The molecule has 2 aromatic carbocycles. The Bertz CT molecular complexity index is 1180. The molecular weight excluding hydrogens is 432 g/mol. The highest BCUT2D eigenvalue weighted by atomic mass is 32.2. The summed E-state index contributed by atoms with van der Waals surface area (Å²) in [7, 11) is -2.43. The quantitative estimate of drug-likeness (QED) is 0.507.